The lowest BCUT2D eigenvalue weighted by Gasteiger charge is -2.19. The van der Waals surface area contributed by atoms with Gasteiger partial charge in [0.2, 0.25) is 0 Å². The summed E-state index contributed by atoms with van der Waals surface area (Å²) in [6.07, 6.45) is -9.94. The lowest BCUT2D eigenvalue weighted by atomic mass is 9.99. The van der Waals surface area contributed by atoms with Crippen LogP contribution < -0.4 is 5.32 Å². The van der Waals surface area contributed by atoms with Crippen LogP contribution in [0.3, 0.4) is 0 Å². The Morgan fingerprint density at radius 1 is 0.964 bits per heavy atom. The molecule has 148 valence electrons. The molecule has 0 aliphatic rings. The number of hydrogen-bond acceptors (Lipinski definition) is 4. The fourth-order valence-electron chi connectivity index (χ4n) is 2.70. The first-order valence-electron chi connectivity index (χ1n) is 7.98. The molecule has 0 radical (unpaired) electrons. The molecule has 0 amide bonds. The summed E-state index contributed by atoms with van der Waals surface area (Å²) in [5.74, 6) is 0.354. The average molecular weight is 401 g/mol. The van der Waals surface area contributed by atoms with E-state index in [4.69, 9.17) is 0 Å². The molecule has 0 aliphatic heterocycles. The highest BCUT2D eigenvalue weighted by molar-refractivity contribution is 5.86. The zero-order valence-electron chi connectivity index (χ0n) is 14.0. The lowest BCUT2D eigenvalue weighted by molar-refractivity contribution is -0.142. The maximum atomic E-state index is 13.2. The fourth-order valence-corrected chi connectivity index (χ4v) is 2.70. The lowest BCUT2D eigenvalue weighted by Crippen LogP contribution is -2.17. The SMILES string of the molecule is OC(CNc1ccccn1)c1cc(C(F)(F)F)nc2c(C(F)(F)F)cccc12. The highest BCUT2D eigenvalue weighted by Gasteiger charge is 2.37. The Balaban J connectivity index is 2.09. The van der Waals surface area contributed by atoms with Crippen molar-refractivity contribution in [3.8, 4) is 0 Å². The third kappa shape index (κ3) is 4.16. The number of aliphatic hydroxyl groups is 1. The molecule has 3 aromatic rings. The Kier molecular flexibility index (Phi) is 5.16. The average Bonchev–Trinajstić information content (AvgIpc) is 2.64. The predicted molar refractivity (Wildman–Crippen MR) is 89.4 cm³/mol. The molecule has 0 spiro atoms. The van der Waals surface area contributed by atoms with Gasteiger partial charge < -0.3 is 10.4 Å². The van der Waals surface area contributed by atoms with Crippen molar-refractivity contribution in [2.45, 2.75) is 18.5 Å². The number of halogens is 6. The van der Waals surface area contributed by atoms with Crippen LogP contribution in [0.4, 0.5) is 32.2 Å². The fraction of sp³-hybridized carbons (Fsp3) is 0.222. The Hall–Kier alpha value is -2.88. The van der Waals surface area contributed by atoms with E-state index >= 15 is 0 Å². The van der Waals surface area contributed by atoms with Crippen molar-refractivity contribution >= 4 is 16.7 Å². The van der Waals surface area contributed by atoms with Crippen LogP contribution in [0.15, 0.2) is 48.7 Å². The molecule has 0 fully saturated rings. The van der Waals surface area contributed by atoms with E-state index in [2.05, 4.69) is 15.3 Å². The number of fused-ring (bicyclic) bond motifs is 1. The number of para-hydroxylation sites is 1. The predicted octanol–water partition coefficient (Wildman–Crippen LogP) is 4.81. The van der Waals surface area contributed by atoms with E-state index in [1.807, 2.05) is 0 Å². The van der Waals surface area contributed by atoms with E-state index < -0.39 is 35.2 Å². The van der Waals surface area contributed by atoms with Gasteiger partial charge in [-0.3, -0.25) is 0 Å². The van der Waals surface area contributed by atoms with Crippen molar-refractivity contribution in [1.29, 1.82) is 0 Å². The normalized spacial score (nSPS) is 13.5. The molecule has 1 atom stereocenters. The van der Waals surface area contributed by atoms with Gasteiger partial charge in [-0.1, -0.05) is 18.2 Å². The molecule has 2 N–H and O–H groups in total. The standard InChI is InChI=1S/C18H13F6N3O/c19-17(20,21)12-5-3-4-10-11(8-14(18(22,23)24)27-16(10)12)13(28)9-26-15-6-1-2-7-25-15/h1-8,13,28H,9H2,(H,25,26). The molecule has 1 aromatic carbocycles. The number of nitrogens with zero attached hydrogens (tertiary/aromatic N) is 2. The van der Waals surface area contributed by atoms with Crippen molar-refractivity contribution < 1.29 is 31.4 Å². The van der Waals surface area contributed by atoms with E-state index in [0.717, 1.165) is 6.07 Å². The third-order valence-electron chi connectivity index (χ3n) is 3.97. The van der Waals surface area contributed by atoms with Crippen LogP contribution in [-0.4, -0.2) is 21.6 Å². The number of rotatable bonds is 4. The Morgan fingerprint density at radius 2 is 1.71 bits per heavy atom. The summed E-state index contributed by atoms with van der Waals surface area (Å²) in [5.41, 5.74) is -3.99. The van der Waals surface area contributed by atoms with Gasteiger partial charge in [-0.15, -0.1) is 0 Å². The number of alkyl halides is 6. The molecule has 3 rings (SSSR count). The summed E-state index contributed by atoms with van der Waals surface area (Å²) in [5, 5.41) is 12.9. The summed E-state index contributed by atoms with van der Waals surface area (Å²) >= 11 is 0. The number of aliphatic hydroxyl groups excluding tert-OH is 1. The molecule has 0 aliphatic carbocycles. The number of benzene rings is 1. The van der Waals surface area contributed by atoms with Gasteiger partial charge in [-0.2, -0.15) is 26.3 Å². The summed E-state index contributed by atoms with van der Waals surface area (Å²) in [6.45, 7) is -0.260. The number of nitrogens with one attached hydrogen (secondary N) is 1. The second-order valence-corrected chi connectivity index (χ2v) is 5.91. The number of hydrogen-bond donors (Lipinski definition) is 2. The summed E-state index contributed by atoms with van der Waals surface area (Å²) in [4.78, 5) is 7.13. The Morgan fingerprint density at radius 3 is 2.32 bits per heavy atom. The van der Waals surface area contributed by atoms with Crippen LogP contribution in [-0.2, 0) is 12.4 Å². The second-order valence-electron chi connectivity index (χ2n) is 5.91. The highest BCUT2D eigenvalue weighted by atomic mass is 19.4. The molecule has 1 unspecified atom stereocenters. The molecule has 0 bridgehead atoms. The van der Waals surface area contributed by atoms with Crippen molar-refractivity contribution in [2.75, 3.05) is 11.9 Å². The molecular weight excluding hydrogens is 388 g/mol. The van der Waals surface area contributed by atoms with E-state index in [-0.39, 0.29) is 17.5 Å². The molecule has 2 heterocycles. The van der Waals surface area contributed by atoms with Gasteiger partial charge in [0.15, 0.2) is 0 Å². The Bertz CT molecular complexity index is 973. The molecular formula is C18H13F6N3O. The van der Waals surface area contributed by atoms with Gasteiger partial charge >= 0.3 is 12.4 Å². The van der Waals surface area contributed by atoms with Gasteiger partial charge in [-0.25, -0.2) is 9.97 Å². The highest BCUT2D eigenvalue weighted by Crippen LogP contribution is 2.38. The smallest absolute Gasteiger partial charge is 0.387 e. The van der Waals surface area contributed by atoms with Gasteiger partial charge in [0.05, 0.1) is 17.2 Å². The number of anilines is 1. The van der Waals surface area contributed by atoms with Gasteiger partial charge in [0.25, 0.3) is 0 Å². The zero-order valence-corrected chi connectivity index (χ0v) is 14.0. The minimum Gasteiger partial charge on any atom is -0.387 e. The van der Waals surface area contributed by atoms with Crippen LogP contribution in [0.5, 0.6) is 0 Å². The number of aromatic nitrogens is 2. The first-order chi connectivity index (χ1) is 13.1. The van der Waals surface area contributed by atoms with Crippen LogP contribution in [0.1, 0.15) is 22.9 Å². The van der Waals surface area contributed by atoms with E-state index in [0.29, 0.717) is 18.0 Å². The Labute approximate surface area is 154 Å². The molecule has 4 nitrogen and oxygen atoms in total. The topological polar surface area (TPSA) is 58.0 Å². The molecule has 10 heteroatoms. The minimum absolute atomic E-state index is 0.210. The monoisotopic (exact) mass is 401 g/mol. The van der Waals surface area contributed by atoms with Crippen LogP contribution in [0.25, 0.3) is 10.9 Å². The second kappa shape index (κ2) is 7.27. The van der Waals surface area contributed by atoms with E-state index in [1.54, 1.807) is 18.2 Å². The van der Waals surface area contributed by atoms with Crippen molar-refractivity contribution in [2.24, 2.45) is 0 Å². The largest absolute Gasteiger partial charge is 0.433 e. The summed E-state index contributed by atoms with van der Waals surface area (Å²) in [7, 11) is 0. The summed E-state index contributed by atoms with van der Waals surface area (Å²) in [6, 6.07) is 8.33. The van der Waals surface area contributed by atoms with Crippen molar-refractivity contribution in [3.05, 3.63) is 65.5 Å². The van der Waals surface area contributed by atoms with Gasteiger partial charge in [0, 0.05) is 18.1 Å². The molecule has 0 saturated heterocycles. The maximum absolute atomic E-state index is 13.2. The first kappa shape index (κ1) is 19.9. The zero-order chi connectivity index (χ0) is 20.5. The van der Waals surface area contributed by atoms with Crippen LogP contribution >= 0.6 is 0 Å². The minimum atomic E-state index is -4.98. The van der Waals surface area contributed by atoms with Crippen molar-refractivity contribution in [3.63, 3.8) is 0 Å². The first-order valence-corrected chi connectivity index (χ1v) is 7.98. The van der Waals surface area contributed by atoms with E-state index in [1.165, 1.54) is 12.3 Å². The quantitative estimate of drug-likeness (QED) is 0.616. The van der Waals surface area contributed by atoms with E-state index in [9.17, 15) is 31.4 Å². The van der Waals surface area contributed by atoms with Gasteiger partial charge in [-0.05, 0) is 29.8 Å². The van der Waals surface area contributed by atoms with Crippen LogP contribution in [0, 0.1) is 0 Å². The van der Waals surface area contributed by atoms with Crippen molar-refractivity contribution in [1.82, 2.24) is 9.97 Å². The number of pyridine rings is 2. The third-order valence-corrected chi connectivity index (χ3v) is 3.97. The molecule has 0 saturated carbocycles. The van der Waals surface area contributed by atoms with Crippen LogP contribution in [0.2, 0.25) is 0 Å². The summed E-state index contributed by atoms with van der Waals surface area (Å²) < 4.78 is 79.3. The maximum Gasteiger partial charge on any atom is 0.433 e. The molecule has 2 aromatic heterocycles. The molecule has 28 heavy (non-hydrogen) atoms. The van der Waals surface area contributed by atoms with Gasteiger partial charge in [0.1, 0.15) is 11.5 Å².